The van der Waals surface area contributed by atoms with Crippen LogP contribution in [0.4, 0.5) is 0 Å². The van der Waals surface area contributed by atoms with Gasteiger partial charge in [0, 0.05) is 13.1 Å². The number of benzene rings is 2. The van der Waals surface area contributed by atoms with E-state index in [0.29, 0.717) is 35.7 Å². The Balaban J connectivity index is 1.32. The molecule has 31 heavy (non-hydrogen) atoms. The molecule has 4 rings (SSSR count). The average Bonchev–Trinajstić information content (AvgIpc) is 3.20. The van der Waals surface area contributed by atoms with Crippen molar-refractivity contribution in [3.05, 3.63) is 60.0 Å². The first-order valence-electron chi connectivity index (χ1n) is 10.5. The highest BCUT2D eigenvalue weighted by Crippen LogP contribution is 2.26. The molecular formula is C23H26N2O5S. The summed E-state index contributed by atoms with van der Waals surface area (Å²) in [6.07, 6.45) is 0.853. The van der Waals surface area contributed by atoms with Gasteiger partial charge in [-0.3, -0.25) is 4.79 Å². The van der Waals surface area contributed by atoms with Gasteiger partial charge in [0.15, 0.2) is 12.2 Å². The van der Waals surface area contributed by atoms with E-state index in [1.54, 1.807) is 18.2 Å². The average molecular weight is 443 g/mol. The normalized spacial score (nSPS) is 16.1. The number of carbonyl (C=O) groups excluding carboxylic acids is 1. The quantitative estimate of drug-likeness (QED) is 0.534. The third-order valence-electron chi connectivity index (χ3n) is 5.65. The summed E-state index contributed by atoms with van der Waals surface area (Å²) in [6, 6.07) is 14.4. The van der Waals surface area contributed by atoms with Crippen molar-refractivity contribution in [3.63, 3.8) is 0 Å². The first-order valence-corrected chi connectivity index (χ1v) is 11.9. The molecular weight excluding hydrogens is 416 g/mol. The van der Waals surface area contributed by atoms with Crippen LogP contribution in [0.25, 0.3) is 11.1 Å². The number of piperidine rings is 1. The van der Waals surface area contributed by atoms with Crippen LogP contribution in [0.15, 0.2) is 57.8 Å². The SMILES string of the molecule is CC(C)c1ccc(S(=O)(=O)N2CCC(C(=O)OCc3nc4ccccc4o3)CC2)cc1. The summed E-state index contributed by atoms with van der Waals surface area (Å²) in [7, 11) is -3.57. The van der Waals surface area contributed by atoms with Crippen LogP contribution in [0.2, 0.25) is 0 Å². The molecule has 1 aromatic heterocycles. The molecule has 3 aromatic rings. The fraction of sp³-hybridized carbons (Fsp3) is 0.391. The zero-order chi connectivity index (χ0) is 22.0. The monoisotopic (exact) mass is 442 g/mol. The minimum atomic E-state index is -3.57. The molecule has 1 aliphatic heterocycles. The first kappa shape index (κ1) is 21.5. The maximum atomic E-state index is 12.9. The van der Waals surface area contributed by atoms with Crippen LogP contribution in [0.5, 0.6) is 0 Å². The number of ether oxygens (including phenoxy) is 1. The van der Waals surface area contributed by atoms with Gasteiger partial charge in [-0.1, -0.05) is 38.1 Å². The lowest BCUT2D eigenvalue weighted by molar-refractivity contribution is -0.151. The van der Waals surface area contributed by atoms with Gasteiger partial charge in [-0.25, -0.2) is 13.4 Å². The van der Waals surface area contributed by atoms with Crippen molar-refractivity contribution in [1.82, 2.24) is 9.29 Å². The van der Waals surface area contributed by atoms with Gasteiger partial charge < -0.3 is 9.15 Å². The van der Waals surface area contributed by atoms with Crippen molar-refractivity contribution in [2.75, 3.05) is 13.1 Å². The van der Waals surface area contributed by atoms with Crippen LogP contribution < -0.4 is 0 Å². The molecule has 0 unspecified atom stereocenters. The smallest absolute Gasteiger partial charge is 0.309 e. The number of esters is 1. The Hall–Kier alpha value is -2.71. The maximum absolute atomic E-state index is 12.9. The van der Waals surface area contributed by atoms with Gasteiger partial charge in [0.1, 0.15) is 5.52 Å². The van der Waals surface area contributed by atoms with E-state index in [4.69, 9.17) is 9.15 Å². The second-order valence-electron chi connectivity index (χ2n) is 8.09. The van der Waals surface area contributed by atoms with Crippen LogP contribution >= 0.6 is 0 Å². The molecule has 0 aliphatic carbocycles. The van der Waals surface area contributed by atoms with Gasteiger partial charge in [0.2, 0.25) is 15.9 Å². The third kappa shape index (κ3) is 4.65. The molecule has 2 heterocycles. The highest BCUT2D eigenvalue weighted by molar-refractivity contribution is 7.89. The van der Waals surface area contributed by atoms with E-state index in [9.17, 15) is 13.2 Å². The number of fused-ring (bicyclic) bond motifs is 1. The van der Waals surface area contributed by atoms with E-state index in [-0.39, 0.29) is 36.5 Å². The van der Waals surface area contributed by atoms with Gasteiger partial charge in [-0.2, -0.15) is 4.31 Å². The van der Waals surface area contributed by atoms with Crippen LogP contribution in [0, 0.1) is 5.92 Å². The first-order chi connectivity index (χ1) is 14.8. The number of rotatable bonds is 6. The minimum Gasteiger partial charge on any atom is -0.455 e. The molecule has 1 saturated heterocycles. The summed E-state index contributed by atoms with van der Waals surface area (Å²) >= 11 is 0. The Labute approximate surface area is 182 Å². The van der Waals surface area contributed by atoms with Crippen LogP contribution in [0.3, 0.4) is 0 Å². The van der Waals surface area contributed by atoms with Crippen molar-refractivity contribution >= 4 is 27.1 Å². The molecule has 0 radical (unpaired) electrons. The van der Waals surface area contributed by atoms with Crippen molar-refractivity contribution in [2.24, 2.45) is 5.92 Å². The predicted molar refractivity (Wildman–Crippen MR) is 116 cm³/mol. The van der Waals surface area contributed by atoms with E-state index in [2.05, 4.69) is 18.8 Å². The number of aromatic nitrogens is 1. The molecule has 7 nitrogen and oxygen atoms in total. The van der Waals surface area contributed by atoms with Crippen molar-refractivity contribution in [2.45, 2.75) is 44.1 Å². The summed E-state index contributed by atoms with van der Waals surface area (Å²) in [6.45, 7) is 4.68. The summed E-state index contributed by atoms with van der Waals surface area (Å²) < 4.78 is 38.2. The molecule has 0 atom stereocenters. The lowest BCUT2D eigenvalue weighted by Crippen LogP contribution is -2.40. The fourth-order valence-electron chi connectivity index (χ4n) is 3.74. The fourth-order valence-corrected chi connectivity index (χ4v) is 5.21. The molecule has 8 heteroatoms. The molecule has 0 N–H and O–H groups in total. The van der Waals surface area contributed by atoms with Crippen LogP contribution in [0.1, 0.15) is 44.1 Å². The van der Waals surface area contributed by atoms with E-state index in [1.165, 1.54) is 4.31 Å². The summed E-state index contributed by atoms with van der Waals surface area (Å²) in [5.74, 6) is 0.00687. The van der Waals surface area contributed by atoms with Crippen LogP contribution in [-0.4, -0.2) is 36.8 Å². The Bertz CT molecular complexity index is 1130. The Morgan fingerprint density at radius 2 is 1.81 bits per heavy atom. The number of carbonyl (C=O) groups is 1. The second kappa shape index (κ2) is 8.80. The number of oxazole rings is 1. The van der Waals surface area contributed by atoms with Gasteiger partial charge in [-0.05, 0) is 48.6 Å². The van der Waals surface area contributed by atoms with Gasteiger partial charge in [0.25, 0.3) is 0 Å². The van der Waals surface area contributed by atoms with Gasteiger partial charge in [-0.15, -0.1) is 0 Å². The molecule has 2 aromatic carbocycles. The number of nitrogens with zero attached hydrogens (tertiary/aromatic N) is 2. The summed E-state index contributed by atoms with van der Waals surface area (Å²) in [5, 5.41) is 0. The van der Waals surface area contributed by atoms with Gasteiger partial charge in [0.05, 0.1) is 10.8 Å². The Morgan fingerprint density at radius 3 is 2.45 bits per heavy atom. The molecule has 1 aliphatic rings. The van der Waals surface area contributed by atoms with E-state index in [1.807, 2.05) is 30.3 Å². The predicted octanol–water partition coefficient (Wildman–Crippen LogP) is 4.10. The standard InChI is InChI=1S/C23H26N2O5S/c1-16(2)17-7-9-19(10-8-17)31(27,28)25-13-11-18(12-14-25)23(26)29-15-22-24-20-5-3-4-6-21(20)30-22/h3-10,16,18H,11-15H2,1-2H3. The maximum Gasteiger partial charge on any atom is 0.309 e. The number of para-hydroxylation sites is 2. The van der Waals surface area contributed by atoms with E-state index in [0.717, 1.165) is 5.56 Å². The highest BCUT2D eigenvalue weighted by atomic mass is 32.2. The Morgan fingerprint density at radius 1 is 1.13 bits per heavy atom. The minimum absolute atomic E-state index is 0.0335. The molecule has 0 spiro atoms. The molecule has 164 valence electrons. The Kier molecular flexibility index (Phi) is 6.11. The number of hydrogen-bond donors (Lipinski definition) is 0. The van der Waals surface area contributed by atoms with Crippen molar-refractivity contribution < 1.29 is 22.4 Å². The number of sulfonamides is 1. The largest absolute Gasteiger partial charge is 0.455 e. The molecule has 0 amide bonds. The molecule has 0 bridgehead atoms. The summed E-state index contributed by atoms with van der Waals surface area (Å²) in [5.41, 5.74) is 2.46. The lowest BCUT2D eigenvalue weighted by Gasteiger charge is -2.30. The van der Waals surface area contributed by atoms with Gasteiger partial charge >= 0.3 is 5.97 Å². The topological polar surface area (TPSA) is 89.7 Å². The highest BCUT2D eigenvalue weighted by Gasteiger charge is 2.33. The van der Waals surface area contributed by atoms with E-state index >= 15 is 0 Å². The van der Waals surface area contributed by atoms with E-state index < -0.39 is 10.0 Å². The van der Waals surface area contributed by atoms with Crippen molar-refractivity contribution in [1.29, 1.82) is 0 Å². The second-order valence-corrected chi connectivity index (χ2v) is 10.0. The number of hydrogen-bond acceptors (Lipinski definition) is 6. The summed E-state index contributed by atoms with van der Waals surface area (Å²) in [4.78, 5) is 17.0. The lowest BCUT2D eigenvalue weighted by atomic mass is 9.98. The van der Waals surface area contributed by atoms with Crippen LogP contribution in [-0.2, 0) is 26.2 Å². The molecule has 1 fully saturated rings. The molecule has 0 saturated carbocycles. The zero-order valence-corrected chi connectivity index (χ0v) is 18.5. The third-order valence-corrected chi connectivity index (χ3v) is 7.56. The zero-order valence-electron chi connectivity index (χ0n) is 17.7. The van der Waals surface area contributed by atoms with Crippen molar-refractivity contribution in [3.8, 4) is 0 Å².